The summed E-state index contributed by atoms with van der Waals surface area (Å²) >= 11 is 0. The second-order valence-electron chi connectivity index (χ2n) is 5.23. The van der Waals surface area contributed by atoms with Crippen molar-refractivity contribution in [1.82, 2.24) is 10.2 Å². The molecular formula is C13H28N2O. The monoisotopic (exact) mass is 228 g/mol. The zero-order chi connectivity index (χ0) is 12.0. The predicted molar refractivity (Wildman–Crippen MR) is 68.8 cm³/mol. The first-order valence-electron chi connectivity index (χ1n) is 6.68. The van der Waals surface area contributed by atoms with E-state index in [0.29, 0.717) is 18.2 Å². The molecular weight excluding hydrogens is 200 g/mol. The van der Waals surface area contributed by atoms with Crippen molar-refractivity contribution in [3.8, 4) is 0 Å². The van der Waals surface area contributed by atoms with Crippen LogP contribution in [0.25, 0.3) is 0 Å². The average molecular weight is 228 g/mol. The second kappa shape index (κ2) is 7.25. The summed E-state index contributed by atoms with van der Waals surface area (Å²) in [7, 11) is 2.16. The molecule has 16 heavy (non-hydrogen) atoms. The summed E-state index contributed by atoms with van der Waals surface area (Å²) in [5.41, 5.74) is 0. The summed E-state index contributed by atoms with van der Waals surface area (Å²) in [5.74, 6) is 0. The molecule has 0 amide bonds. The molecule has 0 aromatic rings. The molecule has 0 aromatic carbocycles. The molecule has 0 aliphatic heterocycles. The van der Waals surface area contributed by atoms with E-state index in [1.807, 2.05) is 0 Å². The van der Waals surface area contributed by atoms with Crippen molar-refractivity contribution in [3.05, 3.63) is 0 Å². The molecule has 0 saturated heterocycles. The minimum Gasteiger partial charge on any atom is -0.378 e. The lowest BCUT2D eigenvalue weighted by Crippen LogP contribution is -2.48. The molecule has 0 unspecified atom stereocenters. The first-order valence-corrected chi connectivity index (χ1v) is 6.68. The number of nitrogens with one attached hydrogen (secondary N) is 1. The number of ether oxygens (including phenoxy) is 1. The van der Waals surface area contributed by atoms with Gasteiger partial charge in [0.25, 0.3) is 0 Å². The molecule has 3 nitrogen and oxygen atoms in total. The van der Waals surface area contributed by atoms with Gasteiger partial charge in [0.1, 0.15) is 0 Å². The third-order valence-corrected chi connectivity index (χ3v) is 3.24. The summed E-state index contributed by atoms with van der Waals surface area (Å²) in [5, 5.41) is 3.54. The molecule has 96 valence electrons. The minimum absolute atomic E-state index is 0.517. The lowest BCUT2D eigenvalue weighted by Gasteiger charge is -2.37. The fourth-order valence-corrected chi connectivity index (χ4v) is 2.05. The van der Waals surface area contributed by atoms with Crippen LogP contribution in [-0.2, 0) is 4.74 Å². The Morgan fingerprint density at radius 2 is 2.06 bits per heavy atom. The SMILES string of the molecule is CCN(C)CCCO[C@H]1C[C@H](NC(C)C)C1. The van der Waals surface area contributed by atoms with E-state index in [0.717, 1.165) is 26.1 Å². The second-order valence-corrected chi connectivity index (χ2v) is 5.23. The molecule has 1 aliphatic carbocycles. The zero-order valence-corrected chi connectivity index (χ0v) is 11.3. The highest BCUT2D eigenvalue weighted by Crippen LogP contribution is 2.23. The maximum atomic E-state index is 5.82. The molecule has 3 heteroatoms. The van der Waals surface area contributed by atoms with Crippen LogP contribution >= 0.6 is 0 Å². The van der Waals surface area contributed by atoms with Crippen LogP contribution in [0, 0.1) is 0 Å². The molecule has 1 rings (SSSR count). The third kappa shape index (κ3) is 5.28. The highest BCUT2D eigenvalue weighted by atomic mass is 16.5. The van der Waals surface area contributed by atoms with Gasteiger partial charge in [0.05, 0.1) is 6.10 Å². The van der Waals surface area contributed by atoms with Crippen LogP contribution < -0.4 is 5.32 Å². The van der Waals surface area contributed by atoms with E-state index in [1.165, 1.54) is 12.8 Å². The van der Waals surface area contributed by atoms with E-state index in [4.69, 9.17) is 4.74 Å². The molecule has 0 radical (unpaired) electrons. The van der Waals surface area contributed by atoms with Gasteiger partial charge in [-0.2, -0.15) is 0 Å². The van der Waals surface area contributed by atoms with Gasteiger partial charge in [-0.05, 0) is 32.9 Å². The lowest BCUT2D eigenvalue weighted by molar-refractivity contribution is -0.0204. The van der Waals surface area contributed by atoms with Crippen LogP contribution in [-0.4, -0.2) is 49.8 Å². The van der Waals surface area contributed by atoms with Crippen LogP contribution in [0.15, 0.2) is 0 Å². The van der Waals surface area contributed by atoms with E-state index >= 15 is 0 Å². The van der Waals surface area contributed by atoms with E-state index in [2.05, 4.69) is 38.0 Å². The van der Waals surface area contributed by atoms with Gasteiger partial charge in [-0.1, -0.05) is 20.8 Å². The zero-order valence-electron chi connectivity index (χ0n) is 11.3. The van der Waals surface area contributed by atoms with Gasteiger partial charge >= 0.3 is 0 Å². The molecule has 0 aromatic heterocycles. The summed E-state index contributed by atoms with van der Waals surface area (Å²) in [6, 6.07) is 1.30. The highest BCUT2D eigenvalue weighted by molar-refractivity contribution is 4.86. The molecule has 0 bridgehead atoms. The van der Waals surface area contributed by atoms with Gasteiger partial charge in [-0.15, -0.1) is 0 Å². The summed E-state index contributed by atoms with van der Waals surface area (Å²) in [4.78, 5) is 2.33. The maximum Gasteiger partial charge on any atom is 0.0604 e. The molecule has 0 heterocycles. The lowest BCUT2D eigenvalue weighted by atomic mass is 9.89. The Hall–Kier alpha value is -0.120. The van der Waals surface area contributed by atoms with Crippen molar-refractivity contribution in [2.75, 3.05) is 26.7 Å². The number of hydrogen-bond acceptors (Lipinski definition) is 3. The van der Waals surface area contributed by atoms with Crippen LogP contribution in [0.1, 0.15) is 40.0 Å². The minimum atomic E-state index is 0.517. The third-order valence-electron chi connectivity index (χ3n) is 3.24. The van der Waals surface area contributed by atoms with Gasteiger partial charge in [-0.3, -0.25) is 0 Å². The summed E-state index contributed by atoms with van der Waals surface area (Å²) in [6.45, 7) is 9.79. The van der Waals surface area contributed by atoms with Gasteiger partial charge in [0.2, 0.25) is 0 Å². The summed E-state index contributed by atoms with van der Waals surface area (Å²) in [6.07, 6.45) is 4.07. The van der Waals surface area contributed by atoms with Gasteiger partial charge < -0.3 is 15.0 Å². The highest BCUT2D eigenvalue weighted by Gasteiger charge is 2.29. The molecule has 1 N–H and O–H groups in total. The van der Waals surface area contributed by atoms with E-state index in [9.17, 15) is 0 Å². The Labute approximate surface area is 101 Å². The number of nitrogens with zero attached hydrogens (tertiary/aromatic N) is 1. The molecule has 1 fully saturated rings. The largest absolute Gasteiger partial charge is 0.378 e. The van der Waals surface area contributed by atoms with Crippen LogP contribution in [0.4, 0.5) is 0 Å². The Morgan fingerprint density at radius 3 is 2.62 bits per heavy atom. The topological polar surface area (TPSA) is 24.5 Å². The normalized spacial score (nSPS) is 25.1. The van der Waals surface area contributed by atoms with Crippen LogP contribution in [0.2, 0.25) is 0 Å². The van der Waals surface area contributed by atoms with Gasteiger partial charge in [0, 0.05) is 25.2 Å². The quantitative estimate of drug-likeness (QED) is 0.642. The van der Waals surface area contributed by atoms with Crippen molar-refractivity contribution >= 4 is 0 Å². The molecule has 1 aliphatic rings. The van der Waals surface area contributed by atoms with Crippen molar-refractivity contribution in [2.24, 2.45) is 0 Å². The maximum absolute atomic E-state index is 5.82. The van der Waals surface area contributed by atoms with Crippen LogP contribution in [0.3, 0.4) is 0 Å². The van der Waals surface area contributed by atoms with E-state index < -0.39 is 0 Å². The average Bonchev–Trinajstić information content (AvgIpc) is 2.18. The van der Waals surface area contributed by atoms with E-state index in [-0.39, 0.29) is 0 Å². The Balaban J connectivity index is 1.90. The Kier molecular flexibility index (Phi) is 6.32. The smallest absolute Gasteiger partial charge is 0.0604 e. The molecule has 1 saturated carbocycles. The fraction of sp³-hybridized carbons (Fsp3) is 1.00. The predicted octanol–water partition coefficient (Wildman–Crippen LogP) is 1.87. The Bertz CT molecular complexity index is 179. The number of hydrogen-bond donors (Lipinski definition) is 1. The first kappa shape index (κ1) is 13.9. The Morgan fingerprint density at radius 1 is 1.38 bits per heavy atom. The van der Waals surface area contributed by atoms with Crippen molar-refractivity contribution in [2.45, 2.75) is 58.2 Å². The molecule has 0 atom stereocenters. The fourth-order valence-electron chi connectivity index (χ4n) is 2.05. The first-order chi connectivity index (χ1) is 7.61. The van der Waals surface area contributed by atoms with E-state index in [1.54, 1.807) is 0 Å². The van der Waals surface area contributed by atoms with Crippen LogP contribution in [0.5, 0.6) is 0 Å². The standard InChI is InChI=1S/C13H28N2O/c1-5-15(4)7-6-8-16-13-9-12(10-13)14-11(2)3/h11-14H,5-10H2,1-4H3/t12-,13-. The molecule has 0 spiro atoms. The van der Waals surface area contributed by atoms with Crippen molar-refractivity contribution in [3.63, 3.8) is 0 Å². The summed E-state index contributed by atoms with van der Waals surface area (Å²) < 4.78 is 5.82. The van der Waals surface area contributed by atoms with Gasteiger partial charge in [0.15, 0.2) is 0 Å². The van der Waals surface area contributed by atoms with Gasteiger partial charge in [-0.25, -0.2) is 0 Å². The number of rotatable bonds is 8. The van der Waals surface area contributed by atoms with Crippen molar-refractivity contribution in [1.29, 1.82) is 0 Å². The van der Waals surface area contributed by atoms with Crippen molar-refractivity contribution < 1.29 is 4.74 Å².